The second-order valence-corrected chi connectivity index (χ2v) is 8.99. The summed E-state index contributed by atoms with van der Waals surface area (Å²) >= 11 is 0. The first kappa shape index (κ1) is 23.7. The van der Waals surface area contributed by atoms with E-state index in [1.54, 1.807) is 6.07 Å². The van der Waals surface area contributed by atoms with Crippen molar-refractivity contribution >= 4 is 28.4 Å². The maximum Gasteiger partial charge on any atom is 0.251 e. The van der Waals surface area contributed by atoms with Gasteiger partial charge < -0.3 is 25.2 Å². The van der Waals surface area contributed by atoms with Crippen molar-refractivity contribution in [2.24, 2.45) is 0 Å². The topological polar surface area (TPSA) is 108 Å². The van der Waals surface area contributed by atoms with Gasteiger partial charge in [0, 0.05) is 55.2 Å². The van der Waals surface area contributed by atoms with Gasteiger partial charge in [-0.25, -0.2) is 15.0 Å². The van der Waals surface area contributed by atoms with Crippen LogP contribution in [-0.2, 0) is 6.42 Å². The number of piperidine rings is 1. The Morgan fingerprint density at radius 1 is 1.06 bits per heavy atom. The molecule has 1 amide bonds. The van der Waals surface area contributed by atoms with Gasteiger partial charge in [-0.2, -0.15) is 0 Å². The molecule has 1 saturated heterocycles. The van der Waals surface area contributed by atoms with Crippen LogP contribution in [0.2, 0.25) is 0 Å². The third kappa shape index (κ3) is 5.16. The van der Waals surface area contributed by atoms with Crippen LogP contribution in [0, 0.1) is 0 Å². The van der Waals surface area contributed by atoms with Crippen LogP contribution in [0.3, 0.4) is 0 Å². The molecule has 0 unspecified atom stereocenters. The number of pyridine rings is 1. The second kappa shape index (κ2) is 10.7. The molecular formula is C27H31N7O2. The lowest BCUT2D eigenvalue weighted by atomic mass is 10.1. The molecule has 0 atom stereocenters. The summed E-state index contributed by atoms with van der Waals surface area (Å²) in [6.45, 7) is 4.11. The highest BCUT2D eigenvalue weighted by molar-refractivity contribution is 5.98. The number of aliphatic hydroxyl groups excluding tert-OH is 1. The summed E-state index contributed by atoms with van der Waals surface area (Å²) < 4.78 is 2.01. The van der Waals surface area contributed by atoms with Crippen LogP contribution in [0.1, 0.15) is 35.7 Å². The summed E-state index contributed by atoms with van der Waals surface area (Å²) in [5.74, 6) is 1.43. The molecule has 0 spiro atoms. The van der Waals surface area contributed by atoms with Crippen LogP contribution < -0.4 is 15.5 Å². The number of carbonyl (C=O) groups is 1. The van der Waals surface area contributed by atoms with Gasteiger partial charge in [0.05, 0.1) is 24.0 Å². The summed E-state index contributed by atoms with van der Waals surface area (Å²) in [6.07, 6.45) is 10.6. The number of hydrogen-bond donors (Lipinski definition) is 3. The Balaban J connectivity index is 1.20. The van der Waals surface area contributed by atoms with Crippen LogP contribution in [0.15, 0.2) is 61.2 Å². The Bertz CT molecular complexity index is 1310. The zero-order chi connectivity index (χ0) is 24.9. The largest absolute Gasteiger partial charge is 0.395 e. The maximum atomic E-state index is 12.2. The van der Waals surface area contributed by atoms with E-state index in [-0.39, 0.29) is 19.1 Å². The van der Waals surface area contributed by atoms with Gasteiger partial charge in [-0.05, 0) is 61.2 Å². The van der Waals surface area contributed by atoms with Crippen molar-refractivity contribution in [3.05, 3.63) is 72.3 Å². The Morgan fingerprint density at radius 2 is 1.86 bits per heavy atom. The van der Waals surface area contributed by atoms with E-state index in [1.807, 2.05) is 53.6 Å². The van der Waals surface area contributed by atoms with Crippen molar-refractivity contribution in [1.82, 2.24) is 24.8 Å². The number of nitrogens with zero attached hydrogens (tertiary/aromatic N) is 5. The molecule has 4 heterocycles. The minimum Gasteiger partial charge on any atom is -0.395 e. The first-order chi connectivity index (χ1) is 17.6. The highest BCUT2D eigenvalue weighted by Crippen LogP contribution is 2.23. The van der Waals surface area contributed by atoms with Gasteiger partial charge >= 0.3 is 0 Å². The third-order valence-electron chi connectivity index (χ3n) is 6.59. The summed E-state index contributed by atoms with van der Waals surface area (Å²) in [7, 11) is 0. The first-order valence-corrected chi connectivity index (χ1v) is 12.4. The van der Waals surface area contributed by atoms with Gasteiger partial charge in [0.2, 0.25) is 5.95 Å². The molecule has 1 aliphatic heterocycles. The number of aliphatic hydroxyl groups is 1. The summed E-state index contributed by atoms with van der Waals surface area (Å²) in [5, 5.41) is 16.2. The van der Waals surface area contributed by atoms with E-state index in [9.17, 15) is 4.79 Å². The minimum absolute atomic E-state index is 0.0808. The fourth-order valence-corrected chi connectivity index (χ4v) is 4.52. The normalized spacial score (nSPS) is 14.2. The number of anilines is 2. The molecular weight excluding hydrogens is 454 g/mol. The van der Waals surface area contributed by atoms with E-state index in [1.165, 1.54) is 0 Å². The molecule has 3 N–H and O–H groups in total. The molecule has 5 rings (SSSR count). The predicted molar refractivity (Wildman–Crippen MR) is 141 cm³/mol. The van der Waals surface area contributed by atoms with Gasteiger partial charge in [0.25, 0.3) is 5.91 Å². The van der Waals surface area contributed by atoms with Crippen molar-refractivity contribution in [3.8, 4) is 5.82 Å². The van der Waals surface area contributed by atoms with E-state index in [4.69, 9.17) is 5.11 Å². The SMILES string of the molecule is CCc1cnc(N2CCC(Nc3ccc(-n4ccc5cc(C(=O)NCCO)ccc54)nc3)CC2)nc1. The van der Waals surface area contributed by atoms with Gasteiger partial charge in [-0.15, -0.1) is 0 Å². The number of rotatable bonds is 8. The molecule has 1 aliphatic rings. The number of hydrogen-bond acceptors (Lipinski definition) is 7. The fourth-order valence-electron chi connectivity index (χ4n) is 4.52. The molecule has 4 aromatic rings. The highest BCUT2D eigenvalue weighted by atomic mass is 16.3. The molecule has 0 bridgehead atoms. The molecule has 186 valence electrons. The lowest BCUT2D eigenvalue weighted by Crippen LogP contribution is -2.40. The zero-order valence-electron chi connectivity index (χ0n) is 20.4. The van der Waals surface area contributed by atoms with Crippen LogP contribution >= 0.6 is 0 Å². The third-order valence-corrected chi connectivity index (χ3v) is 6.59. The molecule has 0 saturated carbocycles. The van der Waals surface area contributed by atoms with Crippen LogP contribution in [0.5, 0.6) is 0 Å². The first-order valence-electron chi connectivity index (χ1n) is 12.4. The minimum atomic E-state index is -0.194. The second-order valence-electron chi connectivity index (χ2n) is 8.99. The standard InChI is InChI=1S/C27H31N7O2/c1-2-19-16-30-27(31-17-19)33-11-8-22(9-12-33)32-23-4-6-25(29-18-23)34-13-7-20-15-21(3-5-24(20)34)26(36)28-10-14-35/h3-7,13,15-18,22,32,35H,2,8-12,14H2,1H3,(H,28,36). The Labute approximate surface area is 210 Å². The summed E-state index contributed by atoms with van der Waals surface area (Å²) in [5.41, 5.74) is 3.70. The average molecular weight is 486 g/mol. The molecule has 9 heteroatoms. The number of fused-ring (bicyclic) bond motifs is 1. The van der Waals surface area contributed by atoms with Crippen molar-refractivity contribution in [2.45, 2.75) is 32.2 Å². The predicted octanol–water partition coefficient (Wildman–Crippen LogP) is 3.18. The summed E-state index contributed by atoms with van der Waals surface area (Å²) in [6, 6.07) is 12.0. The van der Waals surface area contributed by atoms with Crippen LogP contribution in [0.25, 0.3) is 16.7 Å². The Morgan fingerprint density at radius 3 is 2.56 bits per heavy atom. The highest BCUT2D eigenvalue weighted by Gasteiger charge is 2.21. The number of benzene rings is 1. The van der Waals surface area contributed by atoms with Crippen LogP contribution in [-0.4, -0.2) is 62.8 Å². The van der Waals surface area contributed by atoms with Crippen molar-refractivity contribution in [1.29, 1.82) is 0 Å². The molecule has 36 heavy (non-hydrogen) atoms. The molecule has 0 radical (unpaired) electrons. The number of aromatic nitrogens is 4. The molecule has 3 aromatic heterocycles. The number of amides is 1. The van der Waals surface area contributed by atoms with E-state index in [2.05, 4.69) is 43.5 Å². The average Bonchev–Trinajstić information content (AvgIpc) is 3.36. The fraction of sp³-hybridized carbons (Fsp3) is 0.333. The summed E-state index contributed by atoms with van der Waals surface area (Å²) in [4.78, 5) is 28.1. The maximum absolute atomic E-state index is 12.2. The van der Waals surface area contributed by atoms with Crippen molar-refractivity contribution < 1.29 is 9.90 Å². The van der Waals surface area contributed by atoms with Crippen LogP contribution in [0.4, 0.5) is 11.6 Å². The molecule has 0 aliphatic carbocycles. The molecule has 1 fully saturated rings. The Hall–Kier alpha value is -3.98. The lowest BCUT2D eigenvalue weighted by Gasteiger charge is -2.32. The smallest absolute Gasteiger partial charge is 0.251 e. The van der Waals surface area contributed by atoms with E-state index in [0.29, 0.717) is 11.6 Å². The monoisotopic (exact) mass is 485 g/mol. The van der Waals surface area contributed by atoms with E-state index >= 15 is 0 Å². The zero-order valence-corrected chi connectivity index (χ0v) is 20.4. The molecule has 1 aromatic carbocycles. The number of aryl methyl sites for hydroxylation is 1. The number of nitrogens with one attached hydrogen (secondary N) is 2. The lowest BCUT2D eigenvalue weighted by molar-refractivity contribution is 0.0945. The van der Waals surface area contributed by atoms with Crippen molar-refractivity contribution in [2.75, 3.05) is 36.5 Å². The molecule has 9 nitrogen and oxygen atoms in total. The quantitative estimate of drug-likeness (QED) is 0.352. The van der Waals surface area contributed by atoms with Gasteiger partial charge in [-0.1, -0.05) is 6.92 Å². The number of carbonyl (C=O) groups excluding carboxylic acids is 1. The van der Waals surface area contributed by atoms with E-state index in [0.717, 1.165) is 66.3 Å². The van der Waals surface area contributed by atoms with E-state index < -0.39 is 0 Å². The van der Waals surface area contributed by atoms with Gasteiger partial charge in [0.1, 0.15) is 5.82 Å². The van der Waals surface area contributed by atoms with Crippen molar-refractivity contribution in [3.63, 3.8) is 0 Å². The van der Waals surface area contributed by atoms with Gasteiger partial charge in [-0.3, -0.25) is 4.79 Å². The Kier molecular flexibility index (Phi) is 7.08. The van der Waals surface area contributed by atoms with Gasteiger partial charge in [0.15, 0.2) is 0 Å².